The number of hydrogen-bond donors (Lipinski definition) is 0. The van der Waals surface area contributed by atoms with E-state index in [1.165, 1.54) is 41.8 Å². The fourth-order valence-electron chi connectivity index (χ4n) is 1.80. The second-order valence-electron chi connectivity index (χ2n) is 4.50. The summed E-state index contributed by atoms with van der Waals surface area (Å²) >= 11 is 0. The number of tetrazole rings is 1. The van der Waals surface area contributed by atoms with Gasteiger partial charge in [-0.1, -0.05) is 50.5 Å². The smallest absolute Gasteiger partial charge is 0.272 e. The molecule has 0 spiro atoms. The minimum atomic E-state index is 0.367. The Labute approximate surface area is 108 Å². The maximum atomic E-state index is 10.6. The first-order valence-corrected chi connectivity index (χ1v) is 6.74. The minimum Gasteiger partial charge on any atom is -0.281 e. The first-order valence-electron chi connectivity index (χ1n) is 6.74. The summed E-state index contributed by atoms with van der Waals surface area (Å²) < 4.78 is 0. The highest BCUT2D eigenvalue weighted by atomic mass is 16.1. The second-order valence-corrected chi connectivity index (χ2v) is 4.50. The number of carbonyl (C=O) groups is 1. The van der Waals surface area contributed by atoms with E-state index in [0.29, 0.717) is 12.5 Å². The molecule has 1 fully saturated rings. The maximum Gasteiger partial charge on any atom is 0.272 e. The first-order chi connectivity index (χ1) is 8.77. The molecule has 1 amide bonds. The van der Waals surface area contributed by atoms with E-state index >= 15 is 0 Å². The van der Waals surface area contributed by atoms with Crippen LogP contribution >= 0.6 is 0 Å². The van der Waals surface area contributed by atoms with E-state index in [1.54, 1.807) is 7.05 Å². The van der Waals surface area contributed by atoms with Gasteiger partial charge in [0, 0.05) is 6.54 Å². The van der Waals surface area contributed by atoms with Crippen LogP contribution in [0.2, 0.25) is 0 Å². The van der Waals surface area contributed by atoms with Gasteiger partial charge in [-0.2, -0.15) is 4.80 Å². The van der Waals surface area contributed by atoms with Gasteiger partial charge in [0.15, 0.2) is 0 Å². The Morgan fingerprint density at radius 3 is 2.28 bits per heavy atom. The standard InChI is InChI=1S/C7H13N5O.C5H10/c1-3-4-5-12(6-13)7-8-10-11(2)9-7;1-2-4-5-3-1/h6H,3-5H2,1-2H3;1-5H2. The third-order valence-electron chi connectivity index (χ3n) is 2.88. The van der Waals surface area contributed by atoms with E-state index in [9.17, 15) is 4.79 Å². The van der Waals surface area contributed by atoms with Crippen molar-refractivity contribution in [2.45, 2.75) is 51.9 Å². The second kappa shape index (κ2) is 8.60. The predicted molar refractivity (Wildman–Crippen MR) is 70.2 cm³/mol. The third-order valence-corrected chi connectivity index (χ3v) is 2.88. The van der Waals surface area contributed by atoms with Gasteiger partial charge >= 0.3 is 0 Å². The van der Waals surface area contributed by atoms with Crippen molar-refractivity contribution in [3.8, 4) is 0 Å². The van der Waals surface area contributed by atoms with Crippen LogP contribution in [0.1, 0.15) is 51.9 Å². The fourth-order valence-corrected chi connectivity index (χ4v) is 1.80. The summed E-state index contributed by atoms with van der Waals surface area (Å²) in [6.45, 7) is 2.71. The number of anilines is 1. The average molecular weight is 253 g/mol. The Hall–Kier alpha value is -1.46. The Bertz CT molecular complexity index is 327. The van der Waals surface area contributed by atoms with Crippen LogP contribution in [0.3, 0.4) is 0 Å². The van der Waals surface area contributed by atoms with E-state index in [1.807, 2.05) is 0 Å². The van der Waals surface area contributed by atoms with Gasteiger partial charge in [-0.05, 0) is 11.6 Å². The van der Waals surface area contributed by atoms with Gasteiger partial charge in [-0.25, -0.2) is 0 Å². The zero-order valence-corrected chi connectivity index (χ0v) is 11.4. The highest BCUT2D eigenvalue weighted by molar-refractivity contribution is 5.70. The molecule has 1 aliphatic rings. The van der Waals surface area contributed by atoms with Crippen LogP contribution in [-0.2, 0) is 11.8 Å². The summed E-state index contributed by atoms with van der Waals surface area (Å²) in [4.78, 5) is 13.4. The quantitative estimate of drug-likeness (QED) is 0.752. The van der Waals surface area contributed by atoms with Crippen LogP contribution in [0.5, 0.6) is 0 Å². The molecule has 1 aromatic heterocycles. The Morgan fingerprint density at radius 1 is 1.28 bits per heavy atom. The van der Waals surface area contributed by atoms with E-state index in [2.05, 4.69) is 22.3 Å². The third kappa shape index (κ3) is 5.25. The molecule has 0 saturated heterocycles. The van der Waals surface area contributed by atoms with Gasteiger partial charge in [0.05, 0.1) is 7.05 Å². The van der Waals surface area contributed by atoms with E-state index in [-0.39, 0.29) is 0 Å². The molecule has 1 saturated carbocycles. The minimum absolute atomic E-state index is 0.367. The summed E-state index contributed by atoms with van der Waals surface area (Å²) in [5, 5.41) is 11.3. The van der Waals surface area contributed by atoms with Gasteiger partial charge in [0.25, 0.3) is 5.95 Å². The highest BCUT2D eigenvalue weighted by Crippen LogP contribution is 2.15. The summed E-state index contributed by atoms with van der Waals surface area (Å²) in [6, 6.07) is 0. The molecule has 102 valence electrons. The molecule has 0 aromatic carbocycles. The van der Waals surface area contributed by atoms with Crippen LogP contribution in [0.15, 0.2) is 0 Å². The molecule has 1 aromatic rings. The molecular weight excluding hydrogens is 230 g/mol. The SMILES string of the molecule is C1CCCC1.CCCCN(C=O)c1nnn(C)n1. The molecule has 0 radical (unpaired) electrons. The normalized spacial score (nSPS) is 13.9. The fraction of sp³-hybridized carbons (Fsp3) is 0.833. The molecular formula is C12H23N5O. The Kier molecular flexibility index (Phi) is 6.98. The largest absolute Gasteiger partial charge is 0.281 e. The number of rotatable bonds is 5. The monoisotopic (exact) mass is 253 g/mol. The molecule has 6 nitrogen and oxygen atoms in total. The molecule has 0 bridgehead atoms. The number of unbranched alkanes of at least 4 members (excludes halogenated alkanes) is 1. The lowest BCUT2D eigenvalue weighted by Crippen LogP contribution is -2.23. The zero-order valence-electron chi connectivity index (χ0n) is 11.4. The van der Waals surface area contributed by atoms with E-state index < -0.39 is 0 Å². The number of nitrogens with zero attached hydrogens (tertiary/aromatic N) is 5. The molecule has 0 atom stereocenters. The van der Waals surface area contributed by atoms with Crippen LogP contribution < -0.4 is 4.90 Å². The molecule has 0 unspecified atom stereocenters. The molecule has 1 heterocycles. The average Bonchev–Trinajstić information content (AvgIpc) is 3.04. The van der Waals surface area contributed by atoms with Gasteiger partial charge in [0.2, 0.25) is 6.41 Å². The molecule has 6 heteroatoms. The van der Waals surface area contributed by atoms with Crippen molar-refractivity contribution in [1.82, 2.24) is 20.2 Å². The zero-order chi connectivity index (χ0) is 13.2. The van der Waals surface area contributed by atoms with Crippen molar-refractivity contribution in [1.29, 1.82) is 0 Å². The summed E-state index contributed by atoms with van der Waals surface area (Å²) in [5.74, 6) is 0.367. The van der Waals surface area contributed by atoms with Crippen molar-refractivity contribution < 1.29 is 4.79 Å². The van der Waals surface area contributed by atoms with Crippen molar-refractivity contribution in [3.63, 3.8) is 0 Å². The number of hydrogen-bond acceptors (Lipinski definition) is 4. The molecule has 0 aliphatic heterocycles. The molecule has 2 rings (SSSR count). The number of aryl methyl sites for hydroxylation is 1. The van der Waals surface area contributed by atoms with Crippen molar-refractivity contribution in [3.05, 3.63) is 0 Å². The van der Waals surface area contributed by atoms with Crippen molar-refractivity contribution >= 4 is 12.4 Å². The first kappa shape index (κ1) is 14.6. The van der Waals surface area contributed by atoms with Crippen LogP contribution in [-0.4, -0.2) is 33.2 Å². The number of amides is 1. The van der Waals surface area contributed by atoms with Gasteiger partial charge in [-0.15, -0.1) is 5.10 Å². The lowest BCUT2D eigenvalue weighted by atomic mass is 10.3. The predicted octanol–water partition coefficient (Wildman–Crippen LogP) is 1.92. The van der Waals surface area contributed by atoms with E-state index in [0.717, 1.165) is 19.3 Å². The van der Waals surface area contributed by atoms with Crippen molar-refractivity contribution in [2.24, 2.45) is 7.05 Å². The lowest BCUT2D eigenvalue weighted by Gasteiger charge is -2.10. The number of carbonyl (C=O) groups excluding carboxylic acids is 1. The van der Waals surface area contributed by atoms with Crippen LogP contribution in [0.4, 0.5) is 5.95 Å². The van der Waals surface area contributed by atoms with Gasteiger partial charge in [0.1, 0.15) is 0 Å². The summed E-state index contributed by atoms with van der Waals surface area (Å²) in [7, 11) is 1.67. The van der Waals surface area contributed by atoms with Gasteiger partial charge < -0.3 is 0 Å². The summed E-state index contributed by atoms with van der Waals surface area (Å²) in [6.07, 6.45) is 10.2. The van der Waals surface area contributed by atoms with E-state index in [4.69, 9.17) is 0 Å². The molecule has 0 N–H and O–H groups in total. The Morgan fingerprint density at radius 2 is 1.89 bits per heavy atom. The highest BCUT2D eigenvalue weighted by Gasteiger charge is 2.09. The summed E-state index contributed by atoms with van der Waals surface area (Å²) in [5.41, 5.74) is 0. The maximum absolute atomic E-state index is 10.6. The molecule has 1 aliphatic carbocycles. The topological polar surface area (TPSA) is 63.9 Å². The Balaban J connectivity index is 0.000000269. The van der Waals surface area contributed by atoms with Crippen LogP contribution in [0.25, 0.3) is 0 Å². The van der Waals surface area contributed by atoms with Crippen molar-refractivity contribution in [2.75, 3.05) is 11.4 Å². The van der Waals surface area contributed by atoms with Crippen LogP contribution in [0, 0.1) is 0 Å². The molecule has 18 heavy (non-hydrogen) atoms. The lowest BCUT2D eigenvalue weighted by molar-refractivity contribution is -0.107. The van der Waals surface area contributed by atoms with Gasteiger partial charge in [-0.3, -0.25) is 9.69 Å². The number of aromatic nitrogens is 4.